The highest BCUT2D eigenvalue weighted by atomic mass is 32.2. The van der Waals surface area contributed by atoms with E-state index in [2.05, 4.69) is 48.5 Å². The number of methoxy groups -OCH3 is 2. The van der Waals surface area contributed by atoms with Crippen LogP contribution in [0.4, 0.5) is 9.59 Å². The molecule has 0 aliphatic carbocycles. The number of nitrogens with zero attached hydrogens (tertiary/aromatic N) is 3. The molecule has 11 heterocycles. The number of nitriles is 1. The number of fused-ring (bicyclic) bond motifs is 11. The number of unbranched alkanes of at least 4 members (excludes halogenated alkanes) is 2. The van der Waals surface area contributed by atoms with Crippen molar-refractivity contribution < 1.29 is 62.2 Å². The molecule has 6 N–H and O–H groups in total. The topological polar surface area (TPSA) is 261 Å². The molecule has 0 radical (unpaired) electrons. The first-order chi connectivity index (χ1) is 39.7. The van der Waals surface area contributed by atoms with Crippen LogP contribution in [0.1, 0.15) is 113 Å². The number of hydrogen-bond donors (Lipinski definition) is 6. The van der Waals surface area contributed by atoms with Crippen LogP contribution in [-0.4, -0.2) is 156 Å². The summed E-state index contributed by atoms with van der Waals surface area (Å²) in [7, 11) is 5.04. The van der Waals surface area contributed by atoms with Crippen molar-refractivity contribution in [2.24, 2.45) is 0 Å². The highest BCUT2D eigenvalue weighted by molar-refractivity contribution is 8.00. The van der Waals surface area contributed by atoms with Crippen LogP contribution in [0, 0.1) is 25.2 Å². The lowest BCUT2D eigenvalue weighted by Crippen LogP contribution is -2.69. The van der Waals surface area contributed by atoms with Crippen LogP contribution in [0.5, 0.6) is 40.2 Å². The molecule has 21 nitrogen and oxygen atoms in total. The Balaban J connectivity index is 0.900. The number of carbonyl (C=O) groups excluding carboxylic acids is 5. The van der Waals surface area contributed by atoms with E-state index in [1.165, 1.54) is 18.9 Å². The molecule has 436 valence electrons. The third kappa shape index (κ3) is 9.12. The molecule has 6 fully saturated rings. The molecule has 3 aromatic rings. The van der Waals surface area contributed by atoms with Gasteiger partial charge in [0.05, 0.1) is 61.8 Å². The average molecular weight is 1180 g/mol. The van der Waals surface area contributed by atoms with Crippen LogP contribution >= 0.6 is 35.3 Å². The zero-order valence-electron chi connectivity index (χ0n) is 46.4. The van der Waals surface area contributed by atoms with Gasteiger partial charge in [-0.2, -0.15) is 28.8 Å². The zero-order valence-corrected chi connectivity index (χ0v) is 48.8. The summed E-state index contributed by atoms with van der Waals surface area (Å²) in [4.78, 5) is 72.9. The number of piperazine rings is 1. The molecule has 7 unspecified atom stereocenters. The third-order valence-corrected chi connectivity index (χ3v) is 23.2. The van der Waals surface area contributed by atoms with Gasteiger partial charge in [0.1, 0.15) is 18.4 Å². The highest BCUT2D eigenvalue weighted by Crippen LogP contribution is 2.65. The van der Waals surface area contributed by atoms with Crippen LogP contribution in [0.15, 0.2) is 18.2 Å². The number of rotatable bonds is 14. The number of carbonyl (C=O) groups is 5. The number of aromatic hydroxyl groups is 1. The molecule has 4 amide bonds. The Labute approximate surface area is 488 Å². The number of phenols is 1. The summed E-state index contributed by atoms with van der Waals surface area (Å²) in [6.07, 6.45) is 5.49. The summed E-state index contributed by atoms with van der Waals surface area (Å²) in [5, 5.41) is 38.2. The van der Waals surface area contributed by atoms with Crippen molar-refractivity contribution >= 4 is 65.3 Å². The summed E-state index contributed by atoms with van der Waals surface area (Å²) in [5.74, 6) is 2.39. The van der Waals surface area contributed by atoms with E-state index in [1.807, 2.05) is 44.4 Å². The van der Waals surface area contributed by atoms with E-state index in [4.69, 9.17) is 33.2 Å². The first-order valence-electron chi connectivity index (χ1n) is 28.5. The molecule has 13 atom stereocenters. The normalized spacial score (nSPS) is 31.6. The number of phenolic OH excluding ortho intramolecular Hbond substituents is 1. The molecule has 11 aliphatic heterocycles. The highest BCUT2D eigenvalue weighted by Gasteiger charge is 2.62. The van der Waals surface area contributed by atoms with Crippen molar-refractivity contribution in [1.82, 2.24) is 36.4 Å². The van der Waals surface area contributed by atoms with Crippen LogP contribution in [-0.2, 0) is 37.5 Å². The molecule has 11 aliphatic rings. The maximum atomic E-state index is 15.3. The fourth-order valence-electron chi connectivity index (χ4n) is 15.0. The van der Waals surface area contributed by atoms with Gasteiger partial charge in [-0.1, -0.05) is 18.9 Å². The van der Waals surface area contributed by atoms with E-state index in [1.54, 1.807) is 19.2 Å². The van der Waals surface area contributed by atoms with Crippen LogP contribution in [0.3, 0.4) is 0 Å². The fourth-order valence-corrected chi connectivity index (χ4v) is 19.7. The van der Waals surface area contributed by atoms with Crippen molar-refractivity contribution in [2.75, 3.05) is 58.5 Å². The molecule has 0 aromatic heterocycles. The molecule has 82 heavy (non-hydrogen) atoms. The standard InChI is InChI=1S/C58H68N8O13S3/c1-26-16-29-17-33-34(20-59)66-35-21-75-55(70)58(30-19-37(73-4)36(67)18-28(30)14-15-60-58)24-82-54(44-43(35)52-51(76-25-77-52)27(2)50(44)78-40(68)12-8-6-10-38-45-31(22-80-38)61-56(71)63-45)48(66)47(65(33)3)42(29)53(49(26)74-5)79-41(69)13-9-7-11-39-46-32(23-81-39)62-57(72)64-46/h16,18-19,31-35,38-39,45-48,54,60,67H,6-15,17,21-25H2,1-5H3,(H2,61,63,71)(H2,62,64,72)/t31?,32?,33-,34-,35-,38?,39?,45?,46?,47+,48?,54+,58+/m0/s1. The lowest BCUT2D eigenvalue weighted by atomic mass is 9.71. The summed E-state index contributed by atoms with van der Waals surface area (Å²) >= 11 is 5.14. The predicted octanol–water partition coefficient (Wildman–Crippen LogP) is 5.62. The minimum absolute atomic E-state index is 0.0483. The van der Waals surface area contributed by atoms with Crippen molar-refractivity contribution in [2.45, 2.75) is 154 Å². The molecule has 0 saturated carbocycles. The molecule has 4 bridgehead atoms. The zero-order chi connectivity index (χ0) is 56.9. The quantitative estimate of drug-likeness (QED) is 0.0495. The summed E-state index contributed by atoms with van der Waals surface area (Å²) in [6.45, 7) is 3.82. The Morgan fingerprint density at radius 1 is 0.805 bits per heavy atom. The molecule has 6 saturated heterocycles. The summed E-state index contributed by atoms with van der Waals surface area (Å²) < 4.78 is 44.6. The summed E-state index contributed by atoms with van der Waals surface area (Å²) in [6, 6.07) is 4.91. The number of benzene rings is 3. The SMILES string of the molecule is COc1cc2c(cc1O)CCN[C@]21CS[C@@H]2c3c(OC(=O)CCCCC4SCC5NC(=O)NC54)c(C)c4c(c3[C@H](COC1=O)N1C2[C@H]2c3c(cc(C)c(OC)c3OC(=O)CCCCC3SCC5NC(=O)NC53)C[C@@H]([C@@H]1C#N)N2C)OCO4. The number of likely N-dealkylation sites (N-methyl/N-ethyl adjacent to an activating group) is 1. The van der Waals surface area contributed by atoms with Gasteiger partial charge in [-0.05, 0) is 93.8 Å². The maximum Gasteiger partial charge on any atom is 0.331 e. The molecule has 24 heteroatoms. The number of ether oxygens (including phenoxy) is 7. The number of esters is 3. The van der Waals surface area contributed by atoms with E-state index >= 15 is 4.79 Å². The first kappa shape index (κ1) is 55.2. The number of urea groups is 2. The Morgan fingerprint density at radius 2 is 1.48 bits per heavy atom. The Kier molecular flexibility index (Phi) is 14.8. The Morgan fingerprint density at radius 3 is 2.13 bits per heavy atom. The predicted molar refractivity (Wildman–Crippen MR) is 304 cm³/mol. The monoisotopic (exact) mass is 1180 g/mol. The fraction of sp³-hybridized carbons (Fsp3) is 0.586. The lowest BCUT2D eigenvalue weighted by Gasteiger charge is -2.62. The minimum atomic E-state index is -1.46. The largest absolute Gasteiger partial charge is 0.504 e. The Bertz CT molecular complexity index is 3200. The van der Waals surface area contributed by atoms with Crippen molar-refractivity contribution in [1.29, 1.82) is 5.26 Å². The molecular weight excluding hydrogens is 1110 g/mol. The van der Waals surface area contributed by atoms with Gasteiger partial charge in [-0.25, -0.2) is 14.4 Å². The van der Waals surface area contributed by atoms with Crippen LogP contribution in [0.2, 0.25) is 0 Å². The van der Waals surface area contributed by atoms with Gasteiger partial charge in [0.25, 0.3) is 0 Å². The van der Waals surface area contributed by atoms with Crippen molar-refractivity contribution in [3.63, 3.8) is 0 Å². The smallest absolute Gasteiger partial charge is 0.331 e. The maximum absolute atomic E-state index is 15.3. The first-order valence-corrected chi connectivity index (χ1v) is 31.6. The molecule has 1 spiro atoms. The van der Waals surface area contributed by atoms with E-state index in [0.29, 0.717) is 83.2 Å². The number of aryl methyl sites for hydroxylation is 1. The second kappa shape index (κ2) is 21.9. The van der Waals surface area contributed by atoms with Gasteiger partial charge in [0.2, 0.25) is 6.79 Å². The second-order valence-corrected chi connectivity index (χ2v) is 26.8. The van der Waals surface area contributed by atoms with E-state index in [0.717, 1.165) is 59.4 Å². The van der Waals surface area contributed by atoms with Gasteiger partial charge in [0.15, 0.2) is 40.0 Å². The number of thioether (sulfide) groups is 3. The molecule has 14 rings (SSSR count). The van der Waals surface area contributed by atoms with E-state index < -0.39 is 58.9 Å². The van der Waals surface area contributed by atoms with Crippen molar-refractivity contribution in [3.05, 3.63) is 62.7 Å². The van der Waals surface area contributed by atoms with Crippen LogP contribution in [0.25, 0.3) is 0 Å². The second-order valence-electron chi connectivity index (χ2n) is 23.2. The number of hydrogen-bond acceptors (Lipinski definition) is 20. The van der Waals surface area contributed by atoms with Crippen molar-refractivity contribution in [3.8, 4) is 46.3 Å². The minimum Gasteiger partial charge on any atom is -0.504 e. The van der Waals surface area contributed by atoms with Gasteiger partial charge >= 0.3 is 30.0 Å². The number of nitrogens with one attached hydrogen (secondary N) is 5. The van der Waals surface area contributed by atoms with Gasteiger partial charge in [-0.3, -0.25) is 24.7 Å². The lowest BCUT2D eigenvalue weighted by molar-refractivity contribution is -0.157. The van der Waals surface area contributed by atoms with E-state index in [-0.39, 0.29) is 90.2 Å². The van der Waals surface area contributed by atoms with Gasteiger partial charge in [-0.15, -0.1) is 11.8 Å². The Hall–Kier alpha value is -5.97. The molecule has 3 aromatic carbocycles. The van der Waals surface area contributed by atoms with Gasteiger partial charge in [0, 0.05) is 81.5 Å². The van der Waals surface area contributed by atoms with Crippen LogP contribution < -0.4 is 55.0 Å². The van der Waals surface area contributed by atoms with Gasteiger partial charge < -0.3 is 59.5 Å². The summed E-state index contributed by atoms with van der Waals surface area (Å²) in [5.41, 5.74) is 4.16. The molecular formula is C58H68N8O13S3. The third-order valence-electron chi connectivity index (χ3n) is 18.7. The number of amides is 4. The van der Waals surface area contributed by atoms with E-state index in [9.17, 15) is 29.5 Å². The average Bonchev–Trinajstić information content (AvgIpc) is 1.25.